The maximum Gasteiger partial charge on any atom is 0.338 e. The molecule has 1 amide bonds. The fraction of sp³-hybridized carbons (Fsp3) is 0.190. The van der Waals surface area contributed by atoms with Gasteiger partial charge in [0.2, 0.25) is 0 Å². The maximum absolute atomic E-state index is 12.6. The van der Waals surface area contributed by atoms with Gasteiger partial charge in [-0.1, -0.05) is 12.1 Å². The number of fused-ring (bicyclic) bond motifs is 1. The summed E-state index contributed by atoms with van der Waals surface area (Å²) in [4.78, 5) is 29.2. The minimum atomic E-state index is -0.449. The Morgan fingerprint density at radius 1 is 1.11 bits per heavy atom. The number of phenolic OH excluding ortho intramolecular Hbond substituents is 1. The molecule has 0 spiro atoms. The number of rotatable bonds is 4. The first-order valence-electron chi connectivity index (χ1n) is 8.57. The smallest absolute Gasteiger partial charge is 0.338 e. The summed E-state index contributed by atoms with van der Waals surface area (Å²) >= 11 is 0. The quantitative estimate of drug-likeness (QED) is 0.682. The van der Waals surface area contributed by atoms with Crippen LogP contribution in [0.1, 0.15) is 40.3 Å². The number of amides is 1. The normalized spacial score (nSPS) is 10.8. The highest BCUT2D eigenvalue weighted by molar-refractivity contribution is 6.10. The molecule has 6 heteroatoms. The summed E-state index contributed by atoms with van der Waals surface area (Å²) in [5, 5.41) is 13.3. The summed E-state index contributed by atoms with van der Waals surface area (Å²) in [6, 6.07) is 13.0. The summed E-state index contributed by atoms with van der Waals surface area (Å²) in [5.41, 5.74) is 2.40. The van der Waals surface area contributed by atoms with Gasteiger partial charge in [-0.3, -0.25) is 9.78 Å². The molecule has 0 unspecified atom stereocenters. The Hall–Kier alpha value is -3.41. The summed E-state index contributed by atoms with van der Waals surface area (Å²) in [5.74, 6) is -0.994. The van der Waals surface area contributed by atoms with Crippen molar-refractivity contribution in [1.29, 1.82) is 0 Å². The lowest BCUT2D eigenvalue weighted by Gasteiger charge is -2.12. The lowest BCUT2D eigenvalue weighted by atomic mass is 10.1. The Bertz CT molecular complexity index is 1030. The predicted molar refractivity (Wildman–Crippen MR) is 103 cm³/mol. The zero-order chi connectivity index (χ0) is 19.6. The van der Waals surface area contributed by atoms with E-state index < -0.39 is 11.9 Å². The Morgan fingerprint density at radius 3 is 2.56 bits per heavy atom. The Labute approximate surface area is 156 Å². The van der Waals surface area contributed by atoms with E-state index in [0.717, 1.165) is 0 Å². The number of para-hydroxylation sites is 1. The first kappa shape index (κ1) is 18.4. The third-order valence-electron chi connectivity index (χ3n) is 3.91. The van der Waals surface area contributed by atoms with Gasteiger partial charge in [0.05, 0.1) is 28.4 Å². The molecule has 0 saturated carbocycles. The van der Waals surface area contributed by atoms with E-state index in [4.69, 9.17) is 4.74 Å². The van der Waals surface area contributed by atoms with Gasteiger partial charge in [0.15, 0.2) is 0 Å². The molecule has 138 valence electrons. The van der Waals surface area contributed by atoms with E-state index in [-0.39, 0.29) is 17.4 Å². The minimum absolute atomic E-state index is 0.105. The van der Waals surface area contributed by atoms with Crippen molar-refractivity contribution < 1.29 is 19.4 Å². The van der Waals surface area contributed by atoms with Crippen molar-refractivity contribution in [2.24, 2.45) is 0 Å². The molecule has 0 radical (unpaired) electrons. The summed E-state index contributed by atoms with van der Waals surface area (Å²) in [7, 11) is 0. The number of anilines is 1. The van der Waals surface area contributed by atoms with Crippen molar-refractivity contribution in [1.82, 2.24) is 4.98 Å². The molecule has 0 atom stereocenters. The first-order valence-corrected chi connectivity index (χ1v) is 8.57. The number of ether oxygens (including phenoxy) is 1. The second-order valence-electron chi connectivity index (χ2n) is 6.47. The van der Waals surface area contributed by atoms with Crippen LogP contribution in [-0.4, -0.2) is 28.1 Å². The minimum Gasteiger partial charge on any atom is -0.507 e. The Kier molecular flexibility index (Phi) is 5.07. The topological polar surface area (TPSA) is 88.5 Å². The third-order valence-corrected chi connectivity index (χ3v) is 3.91. The number of nitrogens with zero attached hydrogens (tertiary/aromatic N) is 1. The molecular weight excluding hydrogens is 344 g/mol. The predicted octanol–water partition coefficient (Wildman–Crippen LogP) is 4.07. The van der Waals surface area contributed by atoms with E-state index in [1.54, 1.807) is 50.2 Å². The molecule has 6 nitrogen and oxygen atoms in total. The van der Waals surface area contributed by atoms with E-state index in [1.165, 1.54) is 12.1 Å². The number of nitrogens with one attached hydrogen (secondary N) is 1. The van der Waals surface area contributed by atoms with Crippen LogP contribution in [-0.2, 0) is 4.74 Å². The second kappa shape index (κ2) is 7.45. The molecule has 27 heavy (non-hydrogen) atoms. The zero-order valence-corrected chi connectivity index (χ0v) is 15.3. The fourth-order valence-corrected chi connectivity index (χ4v) is 2.73. The van der Waals surface area contributed by atoms with Gasteiger partial charge in [-0.25, -0.2) is 4.79 Å². The first-order chi connectivity index (χ1) is 12.8. The van der Waals surface area contributed by atoms with Crippen molar-refractivity contribution in [3.05, 3.63) is 65.4 Å². The van der Waals surface area contributed by atoms with Gasteiger partial charge in [0.1, 0.15) is 5.75 Å². The van der Waals surface area contributed by atoms with Gasteiger partial charge in [-0.15, -0.1) is 0 Å². The molecule has 0 fully saturated rings. The van der Waals surface area contributed by atoms with Gasteiger partial charge in [-0.05, 0) is 57.2 Å². The number of phenols is 1. The van der Waals surface area contributed by atoms with E-state index in [2.05, 4.69) is 10.3 Å². The van der Waals surface area contributed by atoms with E-state index in [0.29, 0.717) is 27.8 Å². The molecule has 0 bridgehead atoms. The number of hydrogen-bond donors (Lipinski definition) is 2. The number of benzene rings is 2. The number of aryl methyl sites for hydroxylation is 1. The molecule has 0 aliphatic carbocycles. The second-order valence-corrected chi connectivity index (χ2v) is 6.47. The maximum atomic E-state index is 12.6. The SMILES string of the molecule is Cc1cc(NC(=O)c2ccccc2O)c2cc(C(=O)OC(C)C)ccc2n1. The van der Waals surface area contributed by atoms with Crippen LogP contribution in [0.2, 0.25) is 0 Å². The Balaban J connectivity index is 2.02. The average Bonchev–Trinajstić information content (AvgIpc) is 2.61. The standard InChI is InChI=1S/C21H20N2O4/c1-12(2)27-21(26)14-8-9-17-16(11-14)18(10-13(3)22-17)23-20(25)15-6-4-5-7-19(15)24/h4-12,24H,1-3H3,(H,22,23,25). The van der Waals surface area contributed by atoms with Gasteiger partial charge in [-0.2, -0.15) is 0 Å². The van der Waals surface area contributed by atoms with E-state index >= 15 is 0 Å². The lowest BCUT2D eigenvalue weighted by Crippen LogP contribution is -2.14. The van der Waals surface area contributed by atoms with Crippen LogP contribution in [0.15, 0.2) is 48.5 Å². The van der Waals surface area contributed by atoms with Crippen LogP contribution in [0.25, 0.3) is 10.9 Å². The molecule has 1 heterocycles. The fourth-order valence-electron chi connectivity index (χ4n) is 2.73. The van der Waals surface area contributed by atoms with Crippen molar-refractivity contribution in [3.8, 4) is 5.75 Å². The molecule has 2 N–H and O–H groups in total. The third kappa shape index (κ3) is 4.06. The average molecular weight is 364 g/mol. The molecule has 1 aromatic heterocycles. The zero-order valence-electron chi connectivity index (χ0n) is 15.3. The van der Waals surface area contributed by atoms with Gasteiger partial charge in [0, 0.05) is 11.1 Å². The van der Waals surface area contributed by atoms with E-state index in [1.807, 2.05) is 6.92 Å². The largest absolute Gasteiger partial charge is 0.507 e. The molecule has 3 rings (SSSR count). The van der Waals surface area contributed by atoms with Gasteiger partial charge in [0.25, 0.3) is 5.91 Å². The lowest BCUT2D eigenvalue weighted by molar-refractivity contribution is 0.0378. The van der Waals surface area contributed by atoms with Gasteiger partial charge >= 0.3 is 5.97 Å². The molecule has 0 saturated heterocycles. The van der Waals surface area contributed by atoms with Crippen molar-refractivity contribution in [2.75, 3.05) is 5.32 Å². The van der Waals surface area contributed by atoms with Crippen LogP contribution >= 0.6 is 0 Å². The van der Waals surface area contributed by atoms with Crippen molar-refractivity contribution in [2.45, 2.75) is 26.9 Å². The van der Waals surface area contributed by atoms with Crippen LogP contribution in [0, 0.1) is 6.92 Å². The van der Waals surface area contributed by atoms with Crippen LogP contribution in [0.3, 0.4) is 0 Å². The highest BCUT2D eigenvalue weighted by atomic mass is 16.5. The van der Waals surface area contributed by atoms with Crippen molar-refractivity contribution >= 4 is 28.5 Å². The molecule has 3 aromatic rings. The number of carbonyl (C=O) groups excluding carboxylic acids is 2. The highest BCUT2D eigenvalue weighted by Crippen LogP contribution is 2.26. The number of aromatic nitrogens is 1. The number of carbonyl (C=O) groups is 2. The summed E-state index contributed by atoms with van der Waals surface area (Å²) in [6.45, 7) is 5.37. The van der Waals surface area contributed by atoms with Gasteiger partial charge < -0.3 is 15.2 Å². The number of hydrogen-bond acceptors (Lipinski definition) is 5. The van der Waals surface area contributed by atoms with E-state index in [9.17, 15) is 14.7 Å². The molecule has 0 aliphatic rings. The number of pyridine rings is 1. The summed E-state index contributed by atoms with van der Waals surface area (Å²) in [6.07, 6.45) is -0.232. The number of esters is 1. The van der Waals surface area contributed by atoms with Crippen LogP contribution < -0.4 is 5.32 Å². The molecule has 0 aliphatic heterocycles. The van der Waals surface area contributed by atoms with Crippen LogP contribution in [0.4, 0.5) is 5.69 Å². The number of aromatic hydroxyl groups is 1. The summed E-state index contributed by atoms with van der Waals surface area (Å²) < 4.78 is 5.24. The molecular formula is C21H20N2O4. The van der Waals surface area contributed by atoms with Crippen LogP contribution in [0.5, 0.6) is 5.75 Å². The van der Waals surface area contributed by atoms with Crippen molar-refractivity contribution in [3.63, 3.8) is 0 Å². The monoisotopic (exact) mass is 364 g/mol. The molecule has 2 aromatic carbocycles. The Morgan fingerprint density at radius 2 is 1.85 bits per heavy atom. The highest BCUT2D eigenvalue weighted by Gasteiger charge is 2.15.